The Bertz CT molecular complexity index is 681. The molecule has 1 heterocycles. The van der Waals surface area contributed by atoms with E-state index >= 15 is 0 Å². The second kappa shape index (κ2) is 6.09. The molecule has 24 heavy (non-hydrogen) atoms. The lowest BCUT2D eigenvalue weighted by atomic mass is 9.88. The molecule has 3 rings (SSSR count). The summed E-state index contributed by atoms with van der Waals surface area (Å²) in [6.45, 7) is 7.74. The fourth-order valence-corrected chi connectivity index (χ4v) is 5.40. The van der Waals surface area contributed by atoms with Gasteiger partial charge in [0.05, 0.1) is 0 Å². The highest BCUT2D eigenvalue weighted by Gasteiger charge is 2.62. The maximum Gasteiger partial charge on any atom is 0.281 e. The first-order valence-electron chi connectivity index (χ1n) is 8.65. The average Bonchev–Trinajstić information content (AvgIpc) is 3.10. The second-order valence-corrected chi connectivity index (χ2v) is 10.0. The molecule has 2 fully saturated rings. The van der Waals surface area contributed by atoms with E-state index < -0.39 is 10.2 Å². The number of hydrogen-bond acceptors (Lipinski definition) is 3. The summed E-state index contributed by atoms with van der Waals surface area (Å²) in [5.74, 6) is 0. The van der Waals surface area contributed by atoms with E-state index in [1.165, 1.54) is 5.56 Å². The molecule has 0 aromatic heterocycles. The van der Waals surface area contributed by atoms with Gasteiger partial charge in [-0.05, 0) is 24.4 Å². The van der Waals surface area contributed by atoms with Gasteiger partial charge in [-0.25, -0.2) is 0 Å². The van der Waals surface area contributed by atoms with Crippen molar-refractivity contribution in [3.8, 4) is 0 Å². The highest BCUT2D eigenvalue weighted by Crippen LogP contribution is 2.64. The molecule has 5 nitrogen and oxygen atoms in total. The Morgan fingerprint density at radius 3 is 2.12 bits per heavy atom. The van der Waals surface area contributed by atoms with Crippen molar-refractivity contribution in [2.24, 2.45) is 5.41 Å². The van der Waals surface area contributed by atoms with Crippen molar-refractivity contribution in [2.75, 3.05) is 46.8 Å². The van der Waals surface area contributed by atoms with Crippen LogP contribution in [0.15, 0.2) is 30.3 Å². The molecule has 1 aliphatic carbocycles. The summed E-state index contributed by atoms with van der Waals surface area (Å²) in [6, 6.07) is 10.4. The fraction of sp³-hybridized carbons (Fsp3) is 0.667. The van der Waals surface area contributed by atoms with Gasteiger partial charge in [0.15, 0.2) is 0 Å². The van der Waals surface area contributed by atoms with Crippen molar-refractivity contribution >= 4 is 10.2 Å². The normalized spacial score (nSPS) is 28.2. The Morgan fingerprint density at radius 2 is 1.62 bits per heavy atom. The van der Waals surface area contributed by atoms with Crippen LogP contribution in [0.4, 0.5) is 0 Å². The van der Waals surface area contributed by atoms with E-state index in [1.807, 2.05) is 25.2 Å². The fourth-order valence-electron chi connectivity index (χ4n) is 4.00. The summed E-state index contributed by atoms with van der Waals surface area (Å²) < 4.78 is 29.1. The molecule has 1 aliphatic heterocycles. The van der Waals surface area contributed by atoms with Crippen molar-refractivity contribution in [3.05, 3.63) is 35.9 Å². The predicted molar refractivity (Wildman–Crippen MR) is 97.1 cm³/mol. The molecule has 1 aromatic rings. The monoisotopic (exact) mass is 351 g/mol. The van der Waals surface area contributed by atoms with E-state index in [-0.39, 0.29) is 10.8 Å². The van der Waals surface area contributed by atoms with Crippen LogP contribution in [0.2, 0.25) is 0 Å². The Kier molecular flexibility index (Phi) is 4.53. The second-order valence-electron chi connectivity index (χ2n) is 7.97. The van der Waals surface area contributed by atoms with Crippen LogP contribution in [0, 0.1) is 5.41 Å². The predicted octanol–water partition coefficient (Wildman–Crippen LogP) is 1.78. The van der Waals surface area contributed by atoms with Crippen LogP contribution in [-0.2, 0) is 15.6 Å². The topological polar surface area (TPSA) is 43.9 Å². The number of hydrogen-bond donors (Lipinski definition) is 0. The van der Waals surface area contributed by atoms with Gasteiger partial charge in [-0.1, -0.05) is 44.2 Å². The summed E-state index contributed by atoms with van der Waals surface area (Å²) >= 11 is 0. The largest absolute Gasteiger partial charge is 0.304 e. The first-order valence-corrected chi connectivity index (χ1v) is 10.0. The van der Waals surface area contributed by atoms with Crippen molar-refractivity contribution in [3.63, 3.8) is 0 Å². The Hall–Kier alpha value is -0.950. The summed E-state index contributed by atoms with van der Waals surface area (Å²) in [4.78, 5) is 2.17. The van der Waals surface area contributed by atoms with Crippen LogP contribution in [0.5, 0.6) is 0 Å². The zero-order chi connectivity index (χ0) is 17.6. The first kappa shape index (κ1) is 17.9. The average molecular weight is 352 g/mol. The molecule has 0 spiro atoms. The van der Waals surface area contributed by atoms with Crippen LogP contribution in [0.1, 0.15) is 25.8 Å². The van der Waals surface area contributed by atoms with Crippen molar-refractivity contribution in [2.45, 2.75) is 25.7 Å². The van der Waals surface area contributed by atoms with Gasteiger partial charge in [0.2, 0.25) is 0 Å². The number of nitrogens with zero attached hydrogens (tertiary/aromatic N) is 3. The molecule has 134 valence electrons. The molecule has 1 saturated carbocycles. The number of likely N-dealkylation sites (N-methyl/N-ethyl adjacent to an activating group) is 2. The third kappa shape index (κ3) is 3.01. The maximum atomic E-state index is 13.0. The van der Waals surface area contributed by atoms with Gasteiger partial charge in [0, 0.05) is 45.2 Å². The van der Waals surface area contributed by atoms with Crippen molar-refractivity contribution < 1.29 is 8.42 Å². The summed E-state index contributed by atoms with van der Waals surface area (Å²) in [6.07, 6.45) is 1.02. The van der Waals surface area contributed by atoms with Crippen LogP contribution < -0.4 is 0 Å². The number of piperazine rings is 1. The van der Waals surface area contributed by atoms with E-state index in [2.05, 4.69) is 30.9 Å². The van der Waals surface area contributed by atoms with Crippen LogP contribution in [-0.4, -0.2) is 68.7 Å². The van der Waals surface area contributed by atoms with Gasteiger partial charge >= 0.3 is 0 Å². The first-order chi connectivity index (χ1) is 11.2. The molecule has 0 bridgehead atoms. The molecular weight excluding hydrogens is 322 g/mol. The van der Waals surface area contributed by atoms with Gasteiger partial charge < -0.3 is 4.90 Å². The molecule has 1 saturated heterocycles. The molecule has 1 aromatic carbocycles. The molecule has 1 unspecified atom stereocenters. The molecule has 0 amide bonds. The van der Waals surface area contributed by atoms with Crippen molar-refractivity contribution in [1.82, 2.24) is 13.5 Å². The minimum Gasteiger partial charge on any atom is -0.304 e. The van der Waals surface area contributed by atoms with Crippen molar-refractivity contribution in [1.29, 1.82) is 0 Å². The highest BCUT2D eigenvalue weighted by molar-refractivity contribution is 7.86. The standard InChI is InChI=1S/C18H29N3O2S/c1-17(2)14-18(17,16-8-6-5-7-9-16)15-20(4)24(22,23)21-12-10-19(3)11-13-21/h5-9H,10-15H2,1-4H3. The lowest BCUT2D eigenvalue weighted by molar-refractivity contribution is 0.212. The summed E-state index contributed by atoms with van der Waals surface area (Å²) in [5, 5.41) is 0. The Labute approximate surface area is 146 Å². The van der Waals surface area contributed by atoms with Gasteiger partial charge in [-0.2, -0.15) is 17.0 Å². The van der Waals surface area contributed by atoms with Crippen LogP contribution in [0.3, 0.4) is 0 Å². The third-order valence-corrected chi connectivity index (χ3v) is 7.85. The molecule has 1 atom stereocenters. The molecule has 0 radical (unpaired) electrons. The smallest absolute Gasteiger partial charge is 0.281 e. The van der Waals surface area contributed by atoms with E-state index in [9.17, 15) is 8.42 Å². The third-order valence-electron chi connectivity index (χ3n) is 5.92. The lowest BCUT2D eigenvalue weighted by Crippen LogP contribution is -2.52. The van der Waals surface area contributed by atoms with Gasteiger partial charge in [0.25, 0.3) is 10.2 Å². The van der Waals surface area contributed by atoms with E-state index in [1.54, 1.807) is 15.7 Å². The maximum absolute atomic E-state index is 13.0. The van der Waals surface area contributed by atoms with Crippen LogP contribution in [0.25, 0.3) is 0 Å². The number of benzene rings is 1. The quantitative estimate of drug-likeness (QED) is 0.812. The van der Waals surface area contributed by atoms with E-state index in [4.69, 9.17) is 0 Å². The van der Waals surface area contributed by atoms with Gasteiger partial charge in [-0.3, -0.25) is 0 Å². The number of rotatable bonds is 5. The van der Waals surface area contributed by atoms with E-state index in [0.29, 0.717) is 19.6 Å². The minimum absolute atomic E-state index is 0.0807. The van der Waals surface area contributed by atoms with Gasteiger partial charge in [0.1, 0.15) is 0 Å². The van der Waals surface area contributed by atoms with E-state index in [0.717, 1.165) is 19.5 Å². The lowest BCUT2D eigenvalue weighted by Gasteiger charge is -2.35. The molecule has 2 aliphatic rings. The zero-order valence-electron chi connectivity index (χ0n) is 15.2. The summed E-state index contributed by atoms with van der Waals surface area (Å²) in [5.41, 5.74) is 1.29. The zero-order valence-corrected chi connectivity index (χ0v) is 16.0. The molecular formula is C18H29N3O2S. The minimum atomic E-state index is -3.40. The molecule has 0 N–H and O–H groups in total. The SMILES string of the molecule is CN1CCN(S(=O)(=O)N(C)CC2(c3ccccc3)CC2(C)C)CC1. The van der Waals surface area contributed by atoms with Gasteiger partial charge in [-0.15, -0.1) is 0 Å². The Morgan fingerprint density at radius 1 is 1.08 bits per heavy atom. The Balaban J connectivity index is 1.79. The molecule has 6 heteroatoms. The highest BCUT2D eigenvalue weighted by atomic mass is 32.2. The summed E-state index contributed by atoms with van der Waals surface area (Å²) in [7, 11) is 0.365. The van der Waals surface area contributed by atoms with Crippen LogP contribution >= 0.6 is 0 Å².